The highest BCUT2D eigenvalue weighted by Crippen LogP contribution is 2.13. The van der Waals surface area contributed by atoms with Crippen molar-refractivity contribution in [1.82, 2.24) is 52.5 Å². The molecule has 38 heteroatoms. The maximum Gasteiger partial charge on any atom is 0.326 e. The molecule has 0 aliphatic rings. The van der Waals surface area contributed by atoms with E-state index >= 15 is 0 Å². The molecule has 10 amide bonds. The summed E-state index contributed by atoms with van der Waals surface area (Å²) >= 11 is 0. The first kappa shape index (κ1) is 78.7. The number of hydrogen-bond acceptors (Lipinski definition) is 18. The molecule has 1 aromatic carbocycles. The Morgan fingerprint density at radius 2 is 0.753 bits per heavy atom. The lowest BCUT2D eigenvalue weighted by Crippen LogP contribution is -2.60. The number of unbranched alkanes of at least 4 members (excludes halogenated alkanes) is 1. The van der Waals surface area contributed by atoms with Gasteiger partial charge in [-0.25, -0.2) is 9.78 Å². The first-order chi connectivity index (χ1) is 44.1. The van der Waals surface area contributed by atoms with E-state index in [1.807, 2.05) is 0 Å². The van der Waals surface area contributed by atoms with Crippen LogP contribution in [0.2, 0.25) is 0 Å². The number of aliphatic imine (C=N–C) groups is 4. The van der Waals surface area contributed by atoms with E-state index in [4.69, 9.17) is 68.8 Å². The van der Waals surface area contributed by atoms with E-state index in [2.05, 4.69) is 72.5 Å². The molecule has 1 aromatic heterocycles. The second-order valence-corrected chi connectivity index (χ2v) is 21.5. The summed E-state index contributed by atoms with van der Waals surface area (Å²) < 4.78 is 0. The summed E-state index contributed by atoms with van der Waals surface area (Å²) in [6, 6.07) is -4.56. The van der Waals surface area contributed by atoms with Gasteiger partial charge in [0.25, 0.3) is 0 Å². The van der Waals surface area contributed by atoms with E-state index in [9.17, 15) is 57.8 Å². The highest BCUT2D eigenvalue weighted by molar-refractivity contribution is 5.98. The maximum atomic E-state index is 14.7. The minimum absolute atomic E-state index is 0.0163. The first-order valence-corrected chi connectivity index (χ1v) is 30.0. The molecule has 0 spiro atoms. The fourth-order valence-corrected chi connectivity index (χ4v) is 8.89. The zero-order valence-corrected chi connectivity index (χ0v) is 51.9. The van der Waals surface area contributed by atoms with Crippen molar-refractivity contribution >= 4 is 88.9 Å². The minimum atomic E-state index is -1.61. The molecule has 1 heterocycles. The molecule has 0 unspecified atom stereocenters. The standard InChI is InChI=1S/C55H94N26O12/c56-21-5-4-12-33(77-49(90)39(26-30-10-2-1-3-11-30)80-43(84)32(57)17-19-41(58)82)44(85)74-34(13-6-22-69-52(60)61)45(86)75-35(14-7-23-70-53(62)63)46(87)76-37(16-9-25-72-55(66)67)48(89)81-40(27-31-28-68-29-73-31)50(91)78-36(15-8-24-71-54(64)65)47(88)79-38(51(92)93)18-20-42(59)83/h1-3,10-11,28-29,32-40H,4-9,12-27,56-57H2,(H2,58,82)(H2,59,83)(H,68,73)(H,74,85)(H,75,86)(H,76,87)(H,77,90)(H,78,91)(H,79,88)(H,80,84)(H,81,89)(H,92,93)(H4,60,61,69)(H4,62,63,70)(H4,64,65,71)(H4,66,67,72)/t32-,33-,34-,35-,36-,37-,38-,39-,40-/m0/s1. The number of primary amides is 2. The number of amides is 10. The summed E-state index contributed by atoms with van der Waals surface area (Å²) in [6.07, 6.45) is 1.27. The number of aliphatic carboxylic acids is 1. The zero-order chi connectivity index (χ0) is 69.4. The van der Waals surface area contributed by atoms with Crippen LogP contribution >= 0.6 is 0 Å². The van der Waals surface area contributed by atoms with Gasteiger partial charge in [0.05, 0.1) is 12.4 Å². The average Bonchev–Trinajstić information content (AvgIpc) is 1.61. The van der Waals surface area contributed by atoms with Gasteiger partial charge in [-0.15, -0.1) is 0 Å². The van der Waals surface area contributed by atoms with Crippen molar-refractivity contribution in [3.05, 3.63) is 54.1 Å². The Morgan fingerprint density at radius 1 is 0.419 bits per heavy atom. The molecule has 38 nitrogen and oxygen atoms in total. The molecule has 0 saturated carbocycles. The number of rotatable bonds is 47. The number of nitrogens with one attached hydrogen (secondary N) is 9. The molecule has 2 rings (SSSR count). The topological polar surface area (TPSA) is 695 Å². The van der Waals surface area contributed by atoms with Gasteiger partial charge in [0.15, 0.2) is 23.8 Å². The number of carbonyl (C=O) groups is 11. The molecule has 0 bridgehead atoms. The van der Waals surface area contributed by atoms with Crippen LogP contribution in [0, 0.1) is 0 Å². The lowest BCUT2D eigenvalue weighted by Gasteiger charge is -2.28. The predicted octanol–water partition coefficient (Wildman–Crippen LogP) is -8.64. The molecule has 34 N–H and O–H groups in total. The van der Waals surface area contributed by atoms with Crippen molar-refractivity contribution in [2.75, 3.05) is 32.7 Å². The molecule has 516 valence electrons. The Morgan fingerprint density at radius 3 is 1.10 bits per heavy atom. The summed E-state index contributed by atoms with van der Waals surface area (Å²) in [5.74, 6) is -11.5. The first-order valence-electron chi connectivity index (χ1n) is 30.0. The molecule has 9 atom stereocenters. The summed E-state index contributed by atoms with van der Waals surface area (Å²) in [7, 11) is 0. The maximum absolute atomic E-state index is 14.7. The predicted molar refractivity (Wildman–Crippen MR) is 343 cm³/mol. The van der Waals surface area contributed by atoms with Crippen LogP contribution in [0.5, 0.6) is 0 Å². The molecule has 0 saturated heterocycles. The van der Waals surface area contributed by atoms with Crippen LogP contribution in [0.15, 0.2) is 62.8 Å². The second-order valence-electron chi connectivity index (χ2n) is 21.5. The van der Waals surface area contributed by atoms with Crippen molar-refractivity contribution in [1.29, 1.82) is 0 Å². The monoisotopic (exact) mass is 1310 g/mol. The zero-order valence-electron chi connectivity index (χ0n) is 51.9. The summed E-state index contributed by atoms with van der Waals surface area (Å²) in [5, 5.41) is 30.6. The van der Waals surface area contributed by atoms with E-state index in [-0.39, 0.29) is 140 Å². The molecule has 2 aromatic rings. The number of nitrogens with zero attached hydrogens (tertiary/aromatic N) is 5. The Bertz CT molecular complexity index is 2860. The number of carboxylic acid groups (broad SMARTS) is 1. The van der Waals surface area contributed by atoms with E-state index in [0.717, 1.165) is 0 Å². The van der Waals surface area contributed by atoms with Crippen LogP contribution in [0.3, 0.4) is 0 Å². The number of benzene rings is 1. The number of carbonyl (C=O) groups excluding carboxylic acids is 10. The quantitative estimate of drug-likeness (QED) is 0.0166. The van der Waals surface area contributed by atoms with Crippen molar-refractivity contribution in [2.24, 2.45) is 88.8 Å². The van der Waals surface area contributed by atoms with Gasteiger partial charge in [0, 0.05) is 63.8 Å². The van der Waals surface area contributed by atoms with Gasteiger partial charge in [-0.1, -0.05) is 30.3 Å². The highest BCUT2D eigenvalue weighted by atomic mass is 16.4. The molecular weight excluding hydrogens is 1220 g/mol. The molecular formula is C55H94N26O12. The van der Waals surface area contributed by atoms with Crippen molar-refractivity contribution in [2.45, 2.75) is 164 Å². The van der Waals surface area contributed by atoms with Gasteiger partial charge < -0.3 is 121 Å². The SMILES string of the molecule is NCCCC[C@H](NC(=O)[C@H](Cc1ccccc1)NC(=O)[C@@H](N)CCC(N)=O)C(=O)N[C@@H](CCCN=C(N)N)C(=O)N[C@@H](CCCN=C(N)N)C(=O)N[C@@H](CCCN=C(N)N)C(=O)N[C@@H](Cc1cnc[nH]1)C(=O)N[C@@H](CCCN=C(N)N)C(=O)N[C@@H](CCC(N)=O)C(=O)O. The van der Waals surface area contributed by atoms with Gasteiger partial charge in [0.1, 0.15) is 48.3 Å². The number of imidazole rings is 1. The molecule has 0 aliphatic heterocycles. The molecule has 93 heavy (non-hydrogen) atoms. The van der Waals surface area contributed by atoms with E-state index in [1.54, 1.807) is 30.3 Å². The van der Waals surface area contributed by atoms with Gasteiger partial charge in [0.2, 0.25) is 59.1 Å². The third-order valence-corrected chi connectivity index (χ3v) is 13.8. The Kier molecular flexibility index (Phi) is 36.7. The third-order valence-electron chi connectivity index (χ3n) is 13.8. The fraction of sp³-hybridized carbons (Fsp3) is 0.564. The van der Waals surface area contributed by atoms with Crippen LogP contribution in [-0.2, 0) is 65.6 Å². The number of aromatic amines is 1. The van der Waals surface area contributed by atoms with E-state index < -0.39 is 132 Å². The number of guanidine groups is 4. The van der Waals surface area contributed by atoms with Crippen molar-refractivity contribution in [3.63, 3.8) is 0 Å². The van der Waals surface area contributed by atoms with Gasteiger partial charge in [-0.2, -0.15) is 0 Å². The summed E-state index contributed by atoms with van der Waals surface area (Å²) in [5.41, 5.74) is 67.7. The fourth-order valence-electron chi connectivity index (χ4n) is 8.89. The second kappa shape index (κ2) is 43.3. The minimum Gasteiger partial charge on any atom is -0.480 e. The lowest BCUT2D eigenvalue weighted by molar-refractivity contribution is -0.142. The van der Waals surface area contributed by atoms with Crippen LogP contribution in [0.1, 0.15) is 108 Å². The Balaban J connectivity index is 2.68. The largest absolute Gasteiger partial charge is 0.480 e. The third kappa shape index (κ3) is 33.8. The number of carboxylic acids is 1. The highest BCUT2D eigenvalue weighted by Gasteiger charge is 2.36. The van der Waals surface area contributed by atoms with Gasteiger partial charge >= 0.3 is 5.97 Å². The smallest absolute Gasteiger partial charge is 0.326 e. The molecule has 0 aliphatic carbocycles. The van der Waals surface area contributed by atoms with Crippen molar-refractivity contribution in [3.8, 4) is 0 Å². The number of aromatic nitrogens is 2. The van der Waals surface area contributed by atoms with Gasteiger partial charge in [-0.05, 0) is 95.6 Å². The summed E-state index contributed by atoms with van der Waals surface area (Å²) in [4.78, 5) is 172. The Hall–Kier alpha value is -10.4. The molecule has 0 fully saturated rings. The van der Waals surface area contributed by atoms with Crippen LogP contribution < -0.4 is 111 Å². The lowest BCUT2D eigenvalue weighted by atomic mass is 10.0. The Labute approximate surface area is 536 Å². The van der Waals surface area contributed by atoms with Crippen molar-refractivity contribution < 1.29 is 57.8 Å². The van der Waals surface area contributed by atoms with Crippen LogP contribution in [0.25, 0.3) is 0 Å². The van der Waals surface area contributed by atoms with Gasteiger partial charge in [-0.3, -0.25) is 67.9 Å². The van der Waals surface area contributed by atoms with E-state index in [1.165, 1.54) is 12.5 Å². The van der Waals surface area contributed by atoms with E-state index in [0.29, 0.717) is 24.1 Å². The average molecular weight is 1310 g/mol. The number of hydrogen-bond donors (Lipinski definition) is 22. The normalized spacial score (nSPS) is 13.7. The molecule has 0 radical (unpaired) electrons. The van der Waals surface area contributed by atoms with Crippen LogP contribution in [-0.4, -0.2) is 191 Å². The summed E-state index contributed by atoms with van der Waals surface area (Å²) in [6.45, 7) is 0.0413. The van der Waals surface area contributed by atoms with Crippen LogP contribution in [0.4, 0.5) is 0 Å². The number of H-pyrrole nitrogens is 1. The number of nitrogens with two attached hydrogens (primary N) is 12.